The first-order valence-corrected chi connectivity index (χ1v) is 7.07. The molecule has 0 fully saturated rings. The molecule has 6 heteroatoms. The second kappa shape index (κ2) is 6.83. The fourth-order valence-corrected chi connectivity index (χ4v) is 2.07. The molecule has 1 heterocycles. The molecule has 6 nitrogen and oxygen atoms in total. The number of pyridine rings is 1. The van der Waals surface area contributed by atoms with Gasteiger partial charge < -0.3 is 10.4 Å². The van der Waals surface area contributed by atoms with E-state index in [2.05, 4.69) is 10.3 Å². The van der Waals surface area contributed by atoms with Gasteiger partial charge in [0.15, 0.2) is 5.78 Å². The Bertz CT molecular complexity index is 767. The molecule has 1 amide bonds. The summed E-state index contributed by atoms with van der Waals surface area (Å²) in [6, 6.07) is 9.65. The number of ketones is 1. The van der Waals surface area contributed by atoms with Crippen LogP contribution in [0.3, 0.4) is 0 Å². The van der Waals surface area contributed by atoms with E-state index in [1.807, 2.05) is 0 Å². The van der Waals surface area contributed by atoms with E-state index >= 15 is 0 Å². The molecule has 2 N–H and O–H groups in total. The summed E-state index contributed by atoms with van der Waals surface area (Å²) in [5, 5.41) is 11.8. The number of aromatic nitrogens is 1. The Labute approximate surface area is 133 Å². The average Bonchev–Trinajstić information content (AvgIpc) is 2.54. The summed E-state index contributed by atoms with van der Waals surface area (Å²) in [6.45, 7) is 3.65. The molecule has 118 valence electrons. The summed E-state index contributed by atoms with van der Waals surface area (Å²) in [7, 11) is 0. The van der Waals surface area contributed by atoms with Crippen molar-refractivity contribution in [1.82, 2.24) is 10.3 Å². The fourth-order valence-electron chi connectivity index (χ4n) is 2.07. The van der Waals surface area contributed by atoms with Crippen molar-refractivity contribution in [3.63, 3.8) is 0 Å². The molecule has 0 aliphatic carbocycles. The van der Waals surface area contributed by atoms with Crippen molar-refractivity contribution in [2.75, 3.05) is 6.54 Å². The quantitative estimate of drug-likeness (QED) is 0.826. The standard InChI is InChI=1S/C17H16N2O4/c1-3-18-16(21)14-8-13(9-15(19-14)17(22)23)12-6-4-11(5-7-12)10(2)20/h4-9H,3H2,1-2H3,(H,18,21)(H,22,23). The third-order valence-corrected chi connectivity index (χ3v) is 3.24. The Morgan fingerprint density at radius 2 is 1.65 bits per heavy atom. The zero-order valence-electron chi connectivity index (χ0n) is 12.8. The lowest BCUT2D eigenvalue weighted by Crippen LogP contribution is -2.24. The predicted octanol–water partition coefficient (Wildman–Crippen LogP) is 2.40. The molecule has 2 aromatic rings. The highest BCUT2D eigenvalue weighted by Crippen LogP contribution is 2.22. The van der Waals surface area contributed by atoms with E-state index < -0.39 is 11.9 Å². The van der Waals surface area contributed by atoms with Crippen LogP contribution in [0.2, 0.25) is 0 Å². The second-order valence-electron chi connectivity index (χ2n) is 4.92. The third kappa shape index (κ3) is 3.79. The molecule has 0 unspecified atom stereocenters. The van der Waals surface area contributed by atoms with Gasteiger partial charge in [0.2, 0.25) is 0 Å². The lowest BCUT2D eigenvalue weighted by Gasteiger charge is -2.08. The minimum absolute atomic E-state index is 0.0393. The van der Waals surface area contributed by atoms with Gasteiger partial charge in [-0.05, 0) is 37.1 Å². The van der Waals surface area contributed by atoms with Crippen molar-refractivity contribution in [2.24, 2.45) is 0 Å². The van der Waals surface area contributed by atoms with E-state index in [-0.39, 0.29) is 17.2 Å². The molecule has 0 radical (unpaired) electrons. The number of nitrogens with zero attached hydrogens (tertiary/aromatic N) is 1. The third-order valence-electron chi connectivity index (χ3n) is 3.24. The Morgan fingerprint density at radius 3 is 2.17 bits per heavy atom. The number of benzene rings is 1. The highest BCUT2D eigenvalue weighted by atomic mass is 16.4. The van der Waals surface area contributed by atoms with Crippen molar-refractivity contribution >= 4 is 17.7 Å². The molecule has 0 aliphatic rings. The van der Waals surface area contributed by atoms with Crippen molar-refractivity contribution in [3.8, 4) is 11.1 Å². The van der Waals surface area contributed by atoms with E-state index in [1.165, 1.54) is 19.1 Å². The number of hydrogen-bond acceptors (Lipinski definition) is 4. The number of carbonyl (C=O) groups is 3. The van der Waals surface area contributed by atoms with Crippen LogP contribution in [0.15, 0.2) is 36.4 Å². The van der Waals surface area contributed by atoms with Crippen LogP contribution in [0, 0.1) is 0 Å². The summed E-state index contributed by atoms with van der Waals surface area (Å²) >= 11 is 0. The maximum Gasteiger partial charge on any atom is 0.354 e. The van der Waals surface area contributed by atoms with E-state index in [1.54, 1.807) is 31.2 Å². The Balaban J connectivity index is 2.50. The maximum atomic E-state index is 11.9. The number of Topliss-reactive ketones (excluding diaryl/α,β-unsaturated/α-hetero) is 1. The minimum Gasteiger partial charge on any atom is -0.477 e. The zero-order valence-corrected chi connectivity index (χ0v) is 12.8. The van der Waals surface area contributed by atoms with Gasteiger partial charge in [0.05, 0.1) is 0 Å². The van der Waals surface area contributed by atoms with Crippen molar-refractivity contribution < 1.29 is 19.5 Å². The van der Waals surface area contributed by atoms with E-state index in [0.29, 0.717) is 23.2 Å². The van der Waals surface area contributed by atoms with Gasteiger partial charge in [0.25, 0.3) is 5.91 Å². The van der Waals surface area contributed by atoms with Crippen LogP contribution in [-0.2, 0) is 0 Å². The van der Waals surface area contributed by atoms with E-state index in [4.69, 9.17) is 0 Å². The van der Waals surface area contributed by atoms with E-state index in [9.17, 15) is 19.5 Å². The van der Waals surface area contributed by atoms with Crippen LogP contribution in [0.25, 0.3) is 11.1 Å². The summed E-state index contributed by atoms with van der Waals surface area (Å²) < 4.78 is 0. The summed E-state index contributed by atoms with van der Waals surface area (Å²) in [4.78, 5) is 38.3. The first kappa shape index (κ1) is 16.4. The minimum atomic E-state index is -1.21. The van der Waals surface area contributed by atoms with E-state index in [0.717, 1.165) is 0 Å². The first-order valence-electron chi connectivity index (χ1n) is 7.07. The molecule has 1 aromatic heterocycles. The molecule has 0 bridgehead atoms. The molecule has 0 spiro atoms. The molecule has 1 aromatic carbocycles. The zero-order chi connectivity index (χ0) is 17.0. The van der Waals surface area contributed by atoms with Crippen LogP contribution < -0.4 is 5.32 Å². The summed E-state index contributed by atoms with van der Waals surface area (Å²) in [5.41, 5.74) is 1.64. The monoisotopic (exact) mass is 312 g/mol. The van der Waals surface area contributed by atoms with Crippen LogP contribution in [0.5, 0.6) is 0 Å². The van der Waals surface area contributed by atoms with Gasteiger partial charge in [-0.3, -0.25) is 9.59 Å². The van der Waals surface area contributed by atoms with Crippen LogP contribution in [0.1, 0.15) is 45.2 Å². The van der Waals surface area contributed by atoms with Gasteiger partial charge in [-0.25, -0.2) is 9.78 Å². The Morgan fingerprint density at radius 1 is 1.04 bits per heavy atom. The molecule has 0 aliphatic heterocycles. The first-order chi connectivity index (χ1) is 10.9. The molecular weight excluding hydrogens is 296 g/mol. The number of aromatic carboxylic acids is 1. The molecule has 0 saturated carbocycles. The lowest BCUT2D eigenvalue weighted by molar-refractivity contribution is 0.0690. The fraction of sp³-hybridized carbons (Fsp3) is 0.176. The number of carboxylic acid groups (broad SMARTS) is 1. The van der Waals surface area contributed by atoms with Gasteiger partial charge in [-0.1, -0.05) is 24.3 Å². The summed E-state index contributed by atoms with van der Waals surface area (Å²) in [5.74, 6) is -1.70. The Kier molecular flexibility index (Phi) is 4.85. The van der Waals surface area contributed by atoms with Crippen molar-refractivity contribution in [2.45, 2.75) is 13.8 Å². The Hall–Kier alpha value is -3.02. The van der Waals surface area contributed by atoms with Gasteiger partial charge in [0.1, 0.15) is 11.4 Å². The highest BCUT2D eigenvalue weighted by Gasteiger charge is 2.14. The number of amides is 1. The topological polar surface area (TPSA) is 96.4 Å². The largest absolute Gasteiger partial charge is 0.477 e. The lowest BCUT2D eigenvalue weighted by atomic mass is 10.0. The second-order valence-corrected chi connectivity index (χ2v) is 4.92. The number of nitrogens with one attached hydrogen (secondary N) is 1. The number of hydrogen-bond donors (Lipinski definition) is 2. The van der Waals surface area contributed by atoms with Gasteiger partial charge >= 0.3 is 5.97 Å². The van der Waals surface area contributed by atoms with Crippen LogP contribution >= 0.6 is 0 Å². The molecular formula is C17H16N2O4. The summed E-state index contributed by atoms with van der Waals surface area (Å²) in [6.07, 6.45) is 0. The molecule has 0 saturated heterocycles. The van der Waals surface area contributed by atoms with Crippen LogP contribution in [0.4, 0.5) is 0 Å². The number of rotatable bonds is 5. The van der Waals surface area contributed by atoms with Crippen molar-refractivity contribution in [1.29, 1.82) is 0 Å². The van der Waals surface area contributed by atoms with Gasteiger partial charge in [0, 0.05) is 12.1 Å². The highest BCUT2D eigenvalue weighted by molar-refractivity contribution is 5.97. The molecule has 2 rings (SSSR count). The number of carboxylic acids is 1. The van der Waals surface area contributed by atoms with Crippen LogP contribution in [-0.4, -0.2) is 34.3 Å². The smallest absolute Gasteiger partial charge is 0.354 e. The molecule has 23 heavy (non-hydrogen) atoms. The normalized spacial score (nSPS) is 10.2. The predicted molar refractivity (Wildman–Crippen MR) is 84.6 cm³/mol. The molecule has 0 atom stereocenters. The average molecular weight is 312 g/mol. The number of carbonyl (C=O) groups excluding carboxylic acids is 2. The van der Waals surface area contributed by atoms with Crippen molar-refractivity contribution in [3.05, 3.63) is 53.3 Å². The van der Waals surface area contributed by atoms with Gasteiger partial charge in [-0.2, -0.15) is 0 Å². The van der Waals surface area contributed by atoms with Gasteiger partial charge in [-0.15, -0.1) is 0 Å². The SMILES string of the molecule is CCNC(=O)c1cc(-c2ccc(C(C)=O)cc2)cc(C(=O)O)n1. The maximum absolute atomic E-state index is 11.9.